The summed E-state index contributed by atoms with van der Waals surface area (Å²) in [5.41, 5.74) is 2.07. The lowest BCUT2D eigenvalue weighted by Gasteiger charge is -2.59. The number of hydrogen-bond acceptors (Lipinski definition) is 3. The van der Waals surface area contributed by atoms with Crippen LogP contribution >= 0.6 is 0 Å². The molecule has 5 rings (SSSR count). The second-order valence-corrected chi connectivity index (χ2v) is 12.8. The summed E-state index contributed by atoms with van der Waals surface area (Å²) in [5.74, 6) is 3.09. The summed E-state index contributed by atoms with van der Waals surface area (Å²) in [6.45, 7) is 8.82. The van der Waals surface area contributed by atoms with Crippen molar-refractivity contribution in [3.8, 4) is 0 Å². The van der Waals surface area contributed by atoms with Crippen LogP contribution in [0.15, 0.2) is 11.6 Å². The molecule has 0 aromatic heterocycles. The highest BCUT2D eigenvalue weighted by atomic mass is 16.3. The van der Waals surface area contributed by atoms with Gasteiger partial charge >= 0.3 is 0 Å². The van der Waals surface area contributed by atoms with Gasteiger partial charge in [0.05, 0.1) is 12.2 Å². The zero-order chi connectivity index (χ0) is 22.0. The number of rotatable bonds is 2. The third kappa shape index (κ3) is 3.48. The van der Waals surface area contributed by atoms with Crippen molar-refractivity contribution in [3.63, 3.8) is 0 Å². The Morgan fingerprint density at radius 1 is 1.06 bits per heavy atom. The SMILES string of the molecule is C[C@@H]([C@H]1CCCCCN1C)[C@H]1C[C@@H](O)[C@H]2[C@H]3CC=C4C[C@@H](O)CC[C@]4(C)[C@@H]3CC[C@@]21C. The predicted molar refractivity (Wildman–Crippen MR) is 127 cm³/mol. The molecular weight excluding hydrogens is 382 g/mol. The molecule has 0 spiro atoms. The van der Waals surface area contributed by atoms with E-state index >= 15 is 0 Å². The molecule has 0 bridgehead atoms. The van der Waals surface area contributed by atoms with Crippen molar-refractivity contribution < 1.29 is 10.2 Å². The summed E-state index contributed by atoms with van der Waals surface area (Å²) in [6.07, 6.45) is 15.4. The zero-order valence-corrected chi connectivity index (χ0v) is 20.5. The van der Waals surface area contributed by atoms with E-state index in [0.717, 1.165) is 32.1 Å². The van der Waals surface area contributed by atoms with Gasteiger partial charge in [-0.05, 0) is 112 Å². The molecule has 0 unspecified atom stereocenters. The van der Waals surface area contributed by atoms with Gasteiger partial charge in [-0.15, -0.1) is 0 Å². The second kappa shape index (κ2) is 8.13. The molecule has 3 nitrogen and oxygen atoms in total. The Kier molecular flexibility index (Phi) is 5.88. The van der Waals surface area contributed by atoms with Gasteiger partial charge in [0.25, 0.3) is 0 Å². The highest BCUT2D eigenvalue weighted by Crippen LogP contribution is 2.67. The first-order valence-corrected chi connectivity index (χ1v) is 13.5. The largest absolute Gasteiger partial charge is 0.393 e. The van der Waals surface area contributed by atoms with Crippen molar-refractivity contribution >= 4 is 0 Å². The zero-order valence-electron chi connectivity index (χ0n) is 20.5. The Hall–Kier alpha value is -0.380. The summed E-state index contributed by atoms with van der Waals surface area (Å²) in [6, 6.07) is 0.684. The maximum atomic E-state index is 11.5. The maximum Gasteiger partial charge on any atom is 0.0579 e. The van der Waals surface area contributed by atoms with Crippen molar-refractivity contribution in [1.29, 1.82) is 0 Å². The van der Waals surface area contributed by atoms with Gasteiger partial charge < -0.3 is 15.1 Å². The average Bonchev–Trinajstić information content (AvgIpc) is 2.86. The van der Waals surface area contributed by atoms with Crippen LogP contribution in [0.4, 0.5) is 0 Å². The fraction of sp³-hybridized carbons (Fsp3) is 0.929. The Morgan fingerprint density at radius 3 is 2.68 bits per heavy atom. The van der Waals surface area contributed by atoms with E-state index in [2.05, 4.69) is 38.8 Å². The third-order valence-corrected chi connectivity index (χ3v) is 11.4. The first-order valence-electron chi connectivity index (χ1n) is 13.5. The molecule has 3 saturated carbocycles. The molecule has 0 amide bonds. The minimum Gasteiger partial charge on any atom is -0.393 e. The minimum atomic E-state index is -0.136. The van der Waals surface area contributed by atoms with Crippen LogP contribution < -0.4 is 0 Å². The van der Waals surface area contributed by atoms with Crippen LogP contribution in [-0.4, -0.2) is 47.0 Å². The highest BCUT2D eigenvalue weighted by Gasteiger charge is 2.62. The number of allylic oxidation sites excluding steroid dienone is 1. The van der Waals surface area contributed by atoms with Crippen molar-refractivity contribution in [2.45, 2.75) is 110 Å². The smallest absolute Gasteiger partial charge is 0.0579 e. The van der Waals surface area contributed by atoms with E-state index < -0.39 is 0 Å². The summed E-state index contributed by atoms with van der Waals surface area (Å²) in [5, 5.41) is 21.8. The summed E-state index contributed by atoms with van der Waals surface area (Å²) in [7, 11) is 2.35. The van der Waals surface area contributed by atoms with Gasteiger partial charge in [-0.3, -0.25) is 0 Å². The molecule has 5 aliphatic rings. The van der Waals surface area contributed by atoms with E-state index in [1.807, 2.05) is 0 Å². The van der Waals surface area contributed by atoms with Crippen LogP contribution in [0.1, 0.15) is 91.4 Å². The van der Waals surface area contributed by atoms with E-state index in [1.54, 1.807) is 0 Å². The molecule has 1 saturated heterocycles. The van der Waals surface area contributed by atoms with Crippen molar-refractivity contribution in [2.24, 2.45) is 40.4 Å². The standard InChI is InChI=1S/C28H47NO2/c1-18(24-8-6-5-7-15-29(24)4)23-17-25(31)26-21-10-9-19-16-20(30)11-13-27(19,2)22(21)12-14-28(23,26)3/h9,18,20-26,30-31H,5-8,10-17H2,1-4H3/t18-,20+,21+,22-,23-,24-,25-,26-,27+,28-/m1/s1. The number of aliphatic hydroxyl groups excluding tert-OH is 2. The summed E-state index contributed by atoms with van der Waals surface area (Å²) in [4.78, 5) is 2.65. The van der Waals surface area contributed by atoms with E-state index in [1.165, 1.54) is 50.6 Å². The molecule has 0 radical (unpaired) electrons. The summed E-state index contributed by atoms with van der Waals surface area (Å²) >= 11 is 0. The van der Waals surface area contributed by atoms with E-state index in [9.17, 15) is 10.2 Å². The van der Waals surface area contributed by atoms with Gasteiger partial charge in [0.15, 0.2) is 0 Å². The minimum absolute atomic E-state index is 0.130. The normalized spacial score (nSPS) is 51.8. The lowest BCUT2D eigenvalue weighted by atomic mass is 9.46. The Bertz CT molecular complexity index is 705. The van der Waals surface area contributed by atoms with Crippen LogP contribution in [0.2, 0.25) is 0 Å². The molecule has 1 aliphatic heterocycles. The molecule has 1 heterocycles. The van der Waals surface area contributed by atoms with E-state index in [0.29, 0.717) is 35.6 Å². The van der Waals surface area contributed by atoms with Gasteiger partial charge in [0.1, 0.15) is 0 Å². The Labute approximate surface area is 190 Å². The van der Waals surface area contributed by atoms with Gasteiger partial charge in [-0.25, -0.2) is 0 Å². The molecule has 0 aromatic carbocycles. The molecule has 31 heavy (non-hydrogen) atoms. The fourth-order valence-electron chi connectivity index (χ4n) is 9.78. The molecular formula is C28H47NO2. The van der Waals surface area contributed by atoms with Crippen LogP contribution in [0.25, 0.3) is 0 Å². The number of aliphatic hydroxyl groups is 2. The van der Waals surface area contributed by atoms with Crippen molar-refractivity contribution in [3.05, 3.63) is 11.6 Å². The predicted octanol–water partition coefficient (Wildman–Crippen LogP) is 5.41. The third-order valence-electron chi connectivity index (χ3n) is 11.4. The number of nitrogens with zero attached hydrogens (tertiary/aromatic N) is 1. The molecule has 10 atom stereocenters. The second-order valence-electron chi connectivity index (χ2n) is 12.8. The number of fused-ring (bicyclic) bond motifs is 5. The lowest BCUT2D eigenvalue weighted by molar-refractivity contribution is -0.0845. The van der Waals surface area contributed by atoms with Crippen LogP contribution in [0.5, 0.6) is 0 Å². The van der Waals surface area contributed by atoms with Crippen LogP contribution in [0.3, 0.4) is 0 Å². The molecule has 0 aromatic rings. The van der Waals surface area contributed by atoms with Crippen molar-refractivity contribution in [2.75, 3.05) is 13.6 Å². The molecule has 3 heteroatoms. The van der Waals surface area contributed by atoms with Gasteiger partial charge in [0.2, 0.25) is 0 Å². The first-order chi connectivity index (χ1) is 14.8. The van der Waals surface area contributed by atoms with Crippen molar-refractivity contribution in [1.82, 2.24) is 4.90 Å². The van der Waals surface area contributed by atoms with Gasteiger partial charge in [0, 0.05) is 6.04 Å². The number of likely N-dealkylation sites (tertiary alicyclic amines) is 1. The molecule has 4 fully saturated rings. The van der Waals surface area contributed by atoms with Gasteiger partial charge in [-0.2, -0.15) is 0 Å². The Balaban J connectivity index is 1.41. The molecule has 176 valence electrons. The van der Waals surface area contributed by atoms with E-state index in [4.69, 9.17) is 0 Å². The topological polar surface area (TPSA) is 43.7 Å². The number of hydrogen-bond donors (Lipinski definition) is 2. The molecule has 4 aliphatic carbocycles. The van der Waals surface area contributed by atoms with E-state index in [-0.39, 0.29) is 23.0 Å². The maximum absolute atomic E-state index is 11.5. The monoisotopic (exact) mass is 429 g/mol. The Morgan fingerprint density at radius 2 is 1.87 bits per heavy atom. The average molecular weight is 430 g/mol. The fourth-order valence-corrected chi connectivity index (χ4v) is 9.78. The van der Waals surface area contributed by atoms with Gasteiger partial charge in [-0.1, -0.05) is 45.3 Å². The summed E-state index contributed by atoms with van der Waals surface area (Å²) < 4.78 is 0. The first kappa shape index (κ1) is 22.4. The van der Waals surface area contributed by atoms with Crippen LogP contribution in [0, 0.1) is 40.4 Å². The highest BCUT2D eigenvalue weighted by molar-refractivity contribution is 5.26. The lowest BCUT2D eigenvalue weighted by Crippen LogP contribution is -2.53. The quantitative estimate of drug-likeness (QED) is 0.577. The van der Waals surface area contributed by atoms with Crippen LogP contribution in [-0.2, 0) is 0 Å². The molecule has 2 N–H and O–H groups in total.